The van der Waals surface area contributed by atoms with Crippen LogP contribution >= 0.6 is 0 Å². The Kier molecular flexibility index (Phi) is 4.59. The minimum atomic E-state index is -0.952. The van der Waals surface area contributed by atoms with Crippen LogP contribution in [0, 0.1) is 0 Å². The first-order valence-electron chi connectivity index (χ1n) is 7.98. The highest BCUT2D eigenvalue weighted by atomic mass is 16.3. The van der Waals surface area contributed by atoms with Crippen molar-refractivity contribution in [3.8, 4) is 0 Å². The highest BCUT2D eigenvalue weighted by Gasteiger charge is 2.23. The Balaban J connectivity index is 1.70. The summed E-state index contributed by atoms with van der Waals surface area (Å²) in [5.74, 6) is 0.173. The molecule has 6 nitrogen and oxygen atoms in total. The first-order chi connectivity index (χ1) is 10.7. The van der Waals surface area contributed by atoms with E-state index >= 15 is 0 Å². The summed E-state index contributed by atoms with van der Waals surface area (Å²) in [5.41, 5.74) is 2.66. The zero-order valence-electron chi connectivity index (χ0n) is 12.7. The second kappa shape index (κ2) is 6.62. The molecule has 120 valence electrons. The number of carbonyl (C=O) groups is 1. The third-order valence-electron chi connectivity index (χ3n) is 4.41. The van der Waals surface area contributed by atoms with Crippen LogP contribution in [0.1, 0.15) is 49.6 Å². The number of aromatic nitrogens is 2. The van der Waals surface area contributed by atoms with Gasteiger partial charge in [-0.1, -0.05) is 11.6 Å². The molecule has 0 aromatic carbocycles. The summed E-state index contributed by atoms with van der Waals surface area (Å²) in [6.45, 7) is 1.66. The number of hydrogen-bond donors (Lipinski definition) is 2. The van der Waals surface area contributed by atoms with Crippen LogP contribution in [0.15, 0.2) is 17.7 Å². The quantitative estimate of drug-likeness (QED) is 0.818. The third-order valence-corrected chi connectivity index (χ3v) is 4.41. The monoisotopic (exact) mass is 305 g/mol. The lowest BCUT2D eigenvalue weighted by Crippen LogP contribution is -2.30. The van der Waals surface area contributed by atoms with Gasteiger partial charge in [0.1, 0.15) is 6.10 Å². The standard InChI is InChI=1S/C16H23N3O3/c20-11-15(21)14-9-13-10-18(6-3-7-19(13)17-14)16(22)8-12-4-1-2-5-12/h4,9,15,20-21H,1-3,5-8,10-11H2/t15-/m0/s1. The van der Waals surface area contributed by atoms with Crippen molar-refractivity contribution in [2.45, 2.75) is 51.3 Å². The molecule has 1 aliphatic heterocycles. The second-order valence-electron chi connectivity index (χ2n) is 6.08. The first kappa shape index (κ1) is 15.2. The van der Waals surface area contributed by atoms with Crippen molar-refractivity contribution in [2.75, 3.05) is 13.2 Å². The summed E-state index contributed by atoms with van der Waals surface area (Å²) in [6.07, 6.45) is 5.93. The number of amides is 1. The van der Waals surface area contributed by atoms with E-state index in [-0.39, 0.29) is 12.5 Å². The highest BCUT2D eigenvalue weighted by molar-refractivity contribution is 5.78. The van der Waals surface area contributed by atoms with E-state index in [1.165, 1.54) is 5.57 Å². The molecule has 1 aromatic heterocycles. The molecule has 0 unspecified atom stereocenters. The normalized spacial score (nSPS) is 19.5. The van der Waals surface area contributed by atoms with E-state index in [0.717, 1.165) is 44.5 Å². The number of nitrogens with zero attached hydrogens (tertiary/aromatic N) is 3. The van der Waals surface area contributed by atoms with Crippen molar-refractivity contribution in [2.24, 2.45) is 0 Å². The number of carbonyl (C=O) groups excluding carboxylic acids is 1. The van der Waals surface area contributed by atoms with Gasteiger partial charge in [-0.15, -0.1) is 0 Å². The zero-order chi connectivity index (χ0) is 15.5. The van der Waals surface area contributed by atoms with E-state index in [9.17, 15) is 9.90 Å². The number of hydrogen-bond acceptors (Lipinski definition) is 4. The van der Waals surface area contributed by atoms with Crippen LogP contribution in [0.25, 0.3) is 0 Å². The molecule has 1 aliphatic carbocycles. The molecular formula is C16H23N3O3. The van der Waals surface area contributed by atoms with Gasteiger partial charge in [0.25, 0.3) is 0 Å². The summed E-state index contributed by atoms with van der Waals surface area (Å²) in [4.78, 5) is 14.4. The van der Waals surface area contributed by atoms with Crippen molar-refractivity contribution in [3.05, 3.63) is 29.1 Å². The molecule has 1 aromatic rings. The van der Waals surface area contributed by atoms with E-state index in [1.54, 1.807) is 6.07 Å². The minimum absolute atomic E-state index is 0.173. The fraction of sp³-hybridized carbons (Fsp3) is 0.625. The average molecular weight is 305 g/mol. The fourth-order valence-corrected chi connectivity index (χ4v) is 3.16. The molecule has 0 radical (unpaired) electrons. The molecule has 2 aliphatic rings. The molecular weight excluding hydrogens is 282 g/mol. The summed E-state index contributed by atoms with van der Waals surface area (Å²) in [6, 6.07) is 1.79. The van der Waals surface area contributed by atoms with Crippen molar-refractivity contribution in [1.82, 2.24) is 14.7 Å². The van der Waals surface area contributed by atoms with Gasteiger partial charge in [0, 0.05) is 19.5 Å². The van der Waals surface area contributed by atoms with Crippen LogP contribution in [-0.4, -0.2) is 44.0 Å². The van der Waals surface area contributed by atoms with E-state index in [0.29, 0.717) is 18.7 Å². The maximum atomic E-state index is 12.5. The second-order valence-corrected chi connectivity index (χ2v) is 6.08. The Morgan fingerprint density at radius 2 is 2.23 bits per heavy atom. The molecule has 0 saturated carbocycles. The highest BCUT2D eigenvalue weighted by Crippen LogP contribution is 2.23. The predicted molar refractivity (Wildman–Crippen MR) is 80.9 cm³/mol. The van der Waals surface area contributed by atoms with Gasteiger partial charge in [0.15, 0.2) is 0 Å². The SMILES string of the molecule is O=C(CC1=CCCC1)N1CCCn2nc([C@@H](O)CO)cc2C1. The Hall–Kier alpha value is -1.66. The van der Waals surface area contributed by atoms with E-state index in [4.69, 9.17) is 5.11 Å². The van der Waals surface area contributed by atoms with Crippen LogP contribution in [0.4, 0.5) is 0 Å². The van der Waals surface area contributed by atoms with Gasteiger partial charge in [-0.2, -0.15) is 5.10 Å². The third kappa shape index (κ3) is 3.23. The molecule has 0 bridgehead atoms. The maximum absolute atomic E-state index is 12.5. The summed E-state index contributed by atoms with van der Waals surface area (Å²) >= 11 is 0. The number of allylic oxidation sites excluding steroid dienone is 1. The van der Waals surface area contributed by atoms with Crippen molar-refractivity contribution in [3.63, 3.8) is 0 Å². The minimum Gasteiger partial charge on any atom is -0.393 e. The van der Waals surface area contributed by atoms with Gasteiger partial charge in [-0.05, 0) is 31.7 Å². The van der Waals surface area contributed by atoms with Crippen LogP contribution in [-0.2, 0) is 17.9 Å². The topological polar surface area (TPSA) is 78.6 Å². The smallest absolute Gasteiger partial charge is 0.227 e. The van der Waals surface area contributed by atoms with Crippen LogP contribution < -0.4 is 0 Å². The molecule has 2 heterocycles. The average Bonchev–Trinajstić information content (AvgIpc) is 3.12. The Morgan fingerprint density at radius 1 is 1.36 bits per heavy atom. The Morgan fingerprint density at radius 3 is 2.95 bits per heavy atom. The molecule has 22 heavy (non-hydrogen) atoms. The van der Waals surface area contributed by atoms with Gasteiger partial charge in [0.05, 0.1) is 24.5 Å². The predicted octanol–water partition coefficient (Wildman–Crippen LogP) is 1.14. The van der Waals surface area contributed by atoms with Gasteiger partial charge in [-0.3, -0.25) is 9.48 Å². The first-order valence-corrected chi connectivity index (χ1v) is 7.98. The Labute approximate surface area is 130 Å². The molecule has 0 spiro atoms. The number of aliphatic hydroxyl groups excluding tert-OH is 2. The lowest BCUT2D eigenvalue weighted by Gasteiger charge is -2.20. The molecule has 1 amide bonds. The number of aryl methyl sites for hydroxylation is 1. The largest absolute Gasteiger partial charge is 0.393 e. The van der Waals surface area contributed by atoms with Gasteiger partial charge >= 0.3 is 0 Å². The summed E-state index contributed by atoms with van der Waals surface area (Å²) < 4.78 is 1.84. The number of fused-ring (bicyclic) bond motifs is 1. The van der Waals surface area contributed by atoms with Crippen molar-refractivity contribution < 1.29 is 15.0 Å². The summed E-state index contributed by atoms with van der Waals surface area (Å²) in [5, 5.41) is 23.1. The van der Waals surface area contributed by atoms with Crippen LogP contribution in [0.3, 0.4) is 0 Å². The maximum Gasteiger partial charge on any atom is 0.227 e. The molecule has 6 heteroatoms. The van der Waals surface area contributed by atoms with E-state index < -0.39 is 6.10 Å². The zero-order valence-corrected chi connectivity index (χ0v) is 12.7. The number of rotatable bonds is 4. The molecule has 1 atom stereocenters. The lowest BCUT2D eigenvalue weighted by atomic mass is 10.1. The van der Waals surface area contributed by atoms with E-state index in [1.807, 2.05) is 9.58 Å². The molecule has 0 fully saturated rings. The van der Waals surface area contributed by atoms with Gasteiger partial charge in [0.2, 0.25) is 5.91 Å². The lowest BCUT2D eigenvalue weighted by molar-refractivity contribution is -0.131. The van der Waals surface area contributed by atoms with Gasteiger partial charge < -0.3 is 15.1 Å². The van der Waals surface area contributed by atoms with Crippen LogP contribution in [0.5, 0.6) is 0 Å². The molecule has 2 N–H and O–H groups in total. The Bertz CT molecular complexity index is 579. The van der Waals surface area contributed by atoms with Gasteiger partial charge in [-0.25, -0.2) is 0 Å². The van der Waals surface area contributed by atoms with Crippen molar-refractivity contribution >= 4 is 5.91 Å². The van der Waals surface area contributed by atoms with Crippen molar-refractivity contribution in [1.29, 1.82) is 0 Å². The van der Waals surface area contributed by atoms with Crippen LogP contribution in [0.2, 0.25) is 0 Å². The van der Waals surface area contributed by atoms with E-state index in [2.05, 4.69) is 11.2 Å². The number of aliphatic hydroxyl groups is 2. The molecule has 3 rings (SSSR count). The summed E-state index contributed by atoms with van der Waals surface area (Å²) in [7, 11) is 0. The fourth-order valence-electron chi connectivity index (χ4n) is 3.16. The molecule has 0 saturated heterocycles.